The van der Waals surface area contributed by atoms with Crippen molar-refractivity contribution in [2.24, 2.45) is 4.99 Å². The number of guanidine groups is 1. The van der Waals surface area contributed by atoms with E-state index in [4.69, 9.17) is 4.74 Å². The van der Waals surface area contributed by atoms with Gasteiger partial charge in [0.2, 0.25) is 0 Å². The lowest BCUT2D eigenvalue weighted by Crippen LogP contribution is -2.37. The number of alkyl halides is 2. The first-order chi connectivity index (χ1) is 13.0. The fraction of sp³-hybridized carbons (Fsp3) is 0.444. The van der Waals surface area contributed by atoms with Gasteiger partial charge in [0.05, 0.1) is 17.3 Å². The van der Waals surface area contributed by atoms with Gasteiger partial charge in [0.1, 0.15) is 0 Å². The third-order valence-electron chi connectivity index (χ3n) is 3.55. The van der Waals surface area contributed by atoms with E-state index < -0.39 is 6.61 Å². The molecular formula is C18H25F2IN4O2S. The van der Waals surface area contributed by atoms with Crippen LogP contribution in [0.4, 0.5) is 8.78 Å². The maximum Gasteiger partial charge on any atom is 0.387 e. The number of benzene rings is 1. The summed E-state index contributed by atoms with van der Waals surface area (Å²) in [6, 6.07) is 4.87. The highest BCUT2D eigenvalue weighted by Crippen LogP contribution is 2.29. The molecule has 10 heteroatoms. The number of hydrogen-bond acceptors (Lipinski definition) is 5. The van der Waals surface area contributed by atoms with Gasteiger partial charge in [0, 0.05) is 31.9 Å². The van der Waals surface area contributed by atoms with E-state index in [0.29, 0.717) is 31.4 Å². The molecular weight excluding hydrogens is 501 g/mol. The second-order valence-electron chi connectivity index (χ2n) is 5.55. The van der Waals surface area contributed by atoms with E-state index in [0.717, 1.165) is 22.7 Å². The molecule has 1 heterocycles. The molecule has 0 aliphatic carbocycles. The van der Waals surface area contributed by atoms with Crippen LogP contribution in [-0.4, -0.2) is 37.8 Å². The highest BCUT2D eigenvalue weighted by molar-refractivity contribution is 14.0. The van der Waals surface area contributed by atoms with Gasteiger partial charge in [-0.05, 0) is 31.5 Å². The van der Waals surface area contributed by atoms with Crippen LogP contribution in [0, 0.1) is 6.92 Å². The van der Waals surface area contributed by atoms with E-state index in [1.165, 1.54) is 6.07 Å². The molecule has 0 unspecified atom stereocenters. The number of aromatic nitrogens is 1. The summed E-state index contributed by atoms with van der Waals surface area (Å²) in [4.78, 5) is 8.60. The fourth-order valence-corrected chi connectivity index (χ4v) is 3.01. The summed E-state index contributed by atoms with van der Waals surface area (Å²) in [6.45, 7) is 2.40. The molecule has 0 aliphatic rings. The molecule has 0 amide bonds. The predicted octanol–water partition coefficient (Wildman–Crippen LogP) is 3.98. The molecule has 0 atom stereocenters. The summed E-state index contributed by atoms with van der Waals surface area (Å²) >= 11 is 1.63. The summed E-state index contributed by atoms with van der Waals surface area (Å²) in [5, 5.41) is 9.51. The zero-order valence-corrected chi connectivity index (χ0v) is 19.1. The Morgan fingerprint density at radius 3 is 2.68 bits per heavy atom. The van der Waals surface area contributed by atoms with Crippen molar-refractivity contribution in [1.29, 1.82) is 0 Å². The molecule has 28 heavy (non-hydrogen) atoms. The van der Waals surface area contributed by atoms with Crippen molar-refractivity contribution in [2.75, 3.05) is 20.2 Å². The Hall–Kier alpha value is -1.69. The molecule has 2 aromatic rings. The smallest absolute Gasteiger partial charge is 0.387 e. The topological polar surface area (TPSA) is 67.8 Å². The zero-order chi connectivity index (χ0) is 19.6. The van der Waals surface area contributed by atoms with Gasteiger partial charge >= 0.3 is 6.61 Å². The molecule has 0 spiro atoms. The summed E-state index contributed by atoms with van der Waals surface area (Å²) in [7, 11) is 1.69. The molecule has 1 aromatic carbocycles. The first kappa shape index (κ1) is 24.3. The lowest BCUT2D eigenvalue weighted by Gasteiger charge is -2.14. The lowest BCUT2D eigenvalue weighted by atomic mass is 10.2. The van der Waals surface area contributed by atoms with Crippen LogP contribution in [0.3, 0.4) is 0 Å². The maximum atomic E-state index is 12.5. The summed E-state index contributed by atoms with van der Waals surface area (Å²) in [5.41, 5.74) is 1.91. The van der Waals surface area contributed by atoms with E-state index in [9.17, 15) is 8.78 Å². The molecule has 0 bridgehead atoms. The Labute approximate surface area is 184 Å². The first-order valence-electron chi connectivity index (χ1n) is 8.57. The molecule has 156 valence electrons. The molecule has 6 nitrogen and oxygen atoms in total. The molecule has 0 aliphatic heterocycles. The number of thiazole rings is 1. The van der Waals surface area contributed by atoms with Crippen molar-refractivity contribution >= 4 is 41.3 Å². The average molecular weight is 526 g/mol. The second kappa shape index (κ2) is 12.7. The van der Waals surface area contributed by atoms with Gasteiger partial charge in [-0.25, -0.2) is 4.98 Å². The van der Waals surface area contributed by atoms with Crippen molar-refractivity contribution in [3.63, 3.8) is 0 Å². The van der Waals surface area contributed by atoms with Crippen LogP contribution in [0.2, 0.25) is 0 Å². The Morgan fingerprint density at radius 1 is 1.29 bits per heavy atom. The van der Waals surface area contributed by atoms with Gasteiger partial charge in [-0.2, -0.15) is 8.78 Å². The second-order valence-corrected chi connectivity index (χ2v) is 6.62. The van der Waals surface area contributed by atoms with Crippen LogP contribution in [0.1, 0.15) is 23.2 Å². The van der Waals surface area contributed by atoms with Gasteiger partial charge in [0.25, 0.3) is 0 Å². The average Bonchev–Trinajstić information content (AvgIpc) is 3.05. The molecule has 0 fully saturated rings. The minimum Gasteiger partial charge on any atom is -0.490 e. The van der Waals surface area contributed by atoms with E-state index in [1.807, 2.05) is 12.3 Å². The molecule has 1 aromatic heterocycles. The monoisotopic (exact) mass is 526 g/mol. The van der Waals surface area contributed by atoms with Gasteiger partial charge in [-0.15, -0.1) is 35.3 Å². The van der Waals surface area contributed by atoms with Gasteiger partial charge < -0.3 is 20.1 Å². The van der Waals surface area contributed by atoms with Gasteiger partial charge in [-0.1, -0.05) is 6.07 Å². The number of ether oxygens (including phenoxy) is 2. The Balaban J connectivity index is 0.00000392. The highest BCUT2D eigenvalue weighted by atomic mass is 127. The minimum absolute atomic E-state index is 0. The van der Waals surface area contributed by atoms with E-state index in [1.54, 1.807) is 37.4 Å². The fourth-order valence-electron chi connectivity index (χ4n) is 2.36. The number of aryl methyl sites for hydroxylation is 1. The van der Waals surface area contributed by atoms with E-state index in [-0.39, 0.29) is 29.7 Å². The Bertz CT molecular complexity index is 759. The van der Waals surface area contributed by atoms with Gasteiger partial charge in [0.15, 0.2) is 17.5 Å². The first-order valence-corrected chi connectivity index (χ1v) is 9.45. The van der Waals surface area contributed by atoms with Crippen molar-refractivity contribution < 1.29 is 18.3 Å². The van der Waals surface area contributed by atoms with Crippen molar-refractivity contribution in [3.05, 3.63) is 39.8 Å². The predicted molar refractivity (Wildman–Crippen MR) is 118 cm³/mol. The maximum absolute atomic E-state index is 12.5. The number of aliphatic imine (C=N–C) groups is 1. The minimum atomic E-state index is -2.89. The van der Waals surface area contributed by atoms with Crippen LogP contribution in [0.5, 0.6) is 11.5 Å². The molecule has 2 rings (SSSR count). The van der Waals surface area contributed by atoms with Crippen LogP contribution < -0.4 is 20.1 Å². The molecule has 2 N–H and O–H groups in total. The number of rotatable bonds is 9. The Morgan fingerprint density at radius 2 is 2.07 bits per heavy atom. The van der Waals surface area contributed by atoms with Crippen LogP contribution >= 0.6 is 35.3 Å². The Kier molecular flexibility index (Phi) is 11.0. The number of halogens is 3. The van der Waals surface area contributed by atoms with Crippen molar-refractivity contribution in [1.82, 2.24) is 15.6 Å². The van der Waals surface area contributed by atoms with E-state index in [2.05, 4.69) is 25.3 Å². The van der Waals surface area contributed by atoms with Crippen LogP contribution in [0.25, 0.3) is 0 Å². The summed E-state index contributed by atoms with van der Waals surface area (Å²) < 4.78 is 34.8. The SMILES string of the molecule is CCOc1cc(CNC(=NC)NCCc2csc(C)n2)ccc1OC(F)F.I. The number of nitrogens with zero attached hydrogens (tertiary/aromatic N) is 2. The number of nitrogens with one attached hydrogen (secondary N) is 2. The zero-order valence-electron chi connectivity index (χ0n) is 16.0. The largest absolute Gasteiger partial charge is 0.490 e. The van der Waals surface area contributed by atoms with Crippen LogP contribution in [0.15, 0.2) is 28.6 Å². The van der Waals surface area contributed by atoms with Crippen molar-refractivity contribution in [2.45, 2.75) is 33.4 Å². The number of hydrogen-bond donors (Lipinski definition) is 2. The summed E-state index contributed by atoms with van der Waals surface area (Å²) in [5.74, 6) is 0.962. The lowest BCUT2D eigenvalue weighted by molar-refractivity contribution is -0.0514. The third kappa shape index (κ3) is 8.13. The standard InChI is InChI=1S/C18H24F2N4O2S.HI/c1-4-25-16-9-13(5-6-15(16)26-17(19)20)10-23-18(21-3)22-8-7-14-11-27-12(2)24-14;/h5-6,9,11,17H,4,7-8,10H2,1-3H3,(H2,21,22,23);1H. The van der Waals surface area contributed by atoms with Crippen molar-refractivity contribution in [3.8, 4) is 11.5 Å². The molecule has 0 radical (unpaired) electrons. The molecule has 0 saturated heterocycles. The normalized spacial score (nSPS) is 11.1. The van der Waals surface area contributed by atoms with Gasteiger partial charge in [-0.3, -0.25) is 4.99 Å². The quantitative estimate of drug-likeness (QED) is 0.294. The third-order valence-corrected chi connectivity index (χ3v) is 4.37. The van der Waals surface area contributed by atoms with Crippen LogP contribution in [-0.2, 0) is 13.0 Å². The summed E-state index contributed by atoms with van der Waals surface area (Å²) in [6.07, 6.45) is 0.805. The van der Waals surface area contributed by atoms with E-state index >= 15 is 0 Å². The highest BCUT2D eigenvalue weighted by Gasteiger charge is 2.12. The molecule has 0 saturated carbocycles.